The maximum absolute atomic E-state index is 3.94. The van der Waals surface area contributed by atoms with Crippen molar-refractivity contribution < 1.29 is 0 Å². The number of nitrogens with zero attached hydrogens (tertiary/aromatic N) is 1. The third-order valence-corrected chi connectivity index (χ3v) is 16.0. The summed E-state index contributed by atoms with van der Waals surface area (Å²) in [6.45, 7) is 0. The standard InChI is InChI=1S/C57H50N2/c1-3-14-45(15-4-1)58-53-28-23-39(51-30-36-21-22-38(51)29-36)35-52(53)50-19-9-12-40-32-43-24-25-44-33-41-13-10-20-54(56(41)57(43,44)55(40)50)59(46-16-5-2-6-17-46)47-26-27-49-42(34-47)31-37-11-7-8-18-48(37)49/h1-20,23,26-28,34-36,38,43-44,51,58H,21-22,24-25,29-33H2. The Hall–Kier alpha value is -5.86. The van der Waals surface area contributed by atoms with Crippen molar-refractivity contribution in [2.75, 3.05) is 10.2 Å². The number of para-hydroxylation sites is 2. The summed E-state index contributed by atoms with van der Waals surface area (Å²) < 4.78 is 0. The molecule has 2 bridgehead atoms. The van der Waals surface area contributed by atoms with E-state index in [2.05, 4.69) is 168 Å². The Kier molecular flexibility index (Phi) is 7.54. The molecule has 0 amide bonds. The monoisotopic (exact) mass is 762 g/mol. The third-order valence-electron chi connectivity index (χ3n) is 16.0. The zero-order valence-electron chi connectivity index (χ0n) is 33.7. The van der Waals surface area contributed by atoms with Gasteiger partial charge < -0.3 is 10.2 Å². The van der Waals surface area contributed by atoms with Gasteiger partial charge in [0.15, 0.2) is 0 Å². The molecular formula is C57H50N2. The molecule has 288 valence electrons. The average Bonchev–Trinajstić information content (AvgIpc) is 4.14. The molecule has 3 saturated carbocycles. The van der Waals surface area contributed by atoms with Crippen molar-refractivity contribution in [2.24, 2.45) is 23.7 Å². The lowest BCUT2D eigenvalue weighted by atomic mass is 9.67. The molecule has 6 aliphatic carbocycles. The summed E-state index contributed by atoms with van der Waals surface area (Å²) in [7, 11) is 0. The fourth-order valence-electron chi connectivity index (χ4n) is 13.8. The van der Waals surface area contributed by atoms with E-state index in [9.17, 15) is 0 Å². The van der Waals surface area contributed by atoms with Crippen LogP contribution in [0, 0.1) is 23.7 Å². The SMILES string of the molecule is c1ccc(Nc2ccc(C3CC4CCC3C4)cc2-c2cccc3c2C24c5c(cccc5N(c5ccccc5)c5ccc6c(c5)Cc5ccccc5-6)CC2CCC4C3)cc1. The van der Waals surface area contributed by atoms with E-state index in [1.165, 1.54) is 94.7 Å². The summed E-state index contributed by atoms with van der Waals surface area (Å²) in [4.78, 5) is 2.62. The van der Waals surface area contributed by atoms with E-state index >= 15 is 0 Å². The highest BCUT2D eigenvalue weighted by Crippen LogP contribution is 2.68. The smallest absolute Gasteiger partial charge is 0.0505 e. The minimum Gasteiger partial charge on any atom is -0.355 e. The number of hydrogen-bond donors (Lipinski definition) is 1. The number of fused-ring (bicyclic) bond motifs is 7. The predicted molar refractivity (Wildman–Crippen MR) is 244 cm³/mol. The molecular weight excluding hydrogens is 713 g/mol. The maximum Gasteiger partial charge on any atom is 0.0505 e. The Balaban J connectivity index is 1.01. The Morgan fingerprint density at radius 3 is 2.00 bits per heavy atom. The molecule has 2 nitrogen and oxygen atoms in total. The van der Waals surface area contributed by atoms with Crippen LogP contribution < -0.4 is 10.2 Å². The highest BCUT2D eigenvalue weighted by Gasteiger charge is 2.62. The van der Waals surface area contributed by atoms with Crippen LogP contribution in [-0.2, 0) is 24.7 Å². The summed E-state index contributed by atoms with van der Waals surface area (Å²) in [6.07, 6.45) is 11.5. The summed E-state index contributed by atoms with van der Waals surface area (Å²) in [5.41, 5.74) is 22.5. The lowest BCUT2D eigenvalue weighted by Gasteiger charge is -2.39. The third kappa shape index (κ3) is 5.05. The van der Waals surface area contributed by atoms with Gasteiger partial charge in [-0.3, -0.25) is 0 Å². The van der Waals surface area contributed by atoms with Crippen LogP contribution in [0.4, 0.5) is 28.4 Å². The molecule has 0 heterocycles. The summed E-state index contributed by atoms with van der Waals surface area (Å²) >= 11 is 0. The Morgan fingerprint density at radius 1 is 0.492 bits per heavy atom. The van der Waals surface area contributed by atoms with Gasteiger partial charge in [0.05, 0.1) is 5.69 Å². The van der Waals surface area contributed by atoms with Gasteiger partial charge in [-0.15, -0.1) is 0 Å². The zero-order chi connectivity index (χ0) is 38.7. The molecule has 6 atom stereocenters. The molecule has 7 aromatic carbocycles. The zero-order valence-corrected chi connectivity index (χ0v) is 33.7. The quantitative estimate of drug-likeness (QED) is 0.174. The van der Waals surface area contributed by atoms with Gasteiger partial charge in [0.25, 0.3) is 0 Å². The molecule has 0 aliphatic heterocycles. The molecule has 0 aromatic heterocycles. The Morgan fingerprint density at radius 2 is 1.20 bits per heavy atom. The molecule has 2 heteroatoms. The van der Waals surface area contributed by atoms with Crippen molar-refractivity contribution in [1.29, 1.82) is 0 Å². The molecule has 0 radical (unpaired) electrons. The molecule has 59 heavy (non-hydrogen) atoms. The van der Waals surface area contributed by atoms with E-state index in [0.29, 0.717) is 17.8 Å². The molecule has 6 unspecified atom stereocenters. The maximum atomic E-state index is 3.94. The lowest BCUT2D eigenvalue weighted by molar-refractivity contribution is 0.350. The molecule has 7 aromatic rings. The van der Waals surface area contributed by atoms with Gasteiger partial charge in [-0.1, -0.05) is 110 Å². The van der Waals surface area contributed by atoms with Crippen LogP contribution in [0.2, 0.25) is 0 Å². The number of rotatable bonds is 7. The van der Waals surface area contributed by atoms with Crippen molar-refractivity contribution in [1.82, 2.24) is 0 Å². The Labute approximate surface area is 349 Å². The number of hydrogen-bond acceptors (Lipinski definition) is 2. The van der Waals surface area contributed by atoms with Crippen LogP contribution in [-0.4, -0.2) is 0 Å². The van der Waals surface area contributed by atoms with Crippen LogP contribution in [0.25, 0.3) is 22.3 Å². The first-order valence-electron chi connectivity index (χ1n) is 22.5. The number of anilines is 5. The van der Waals surface area contributed by atoms with Crippen molar-refractivity contribution in [3.05, 3.63) is 197 Å². The van der Waals surface area contributed by atoms with E-state index < -0.39 is 0 Å². The fraction of sp³-hybridized carbons (Fsp3) is 0.263. The number of benzene rings is 7. The highest BCUT2D eigenvalue weighted by atomic mass is 15.1. The molecule has 1 N–H and O–H groups in total. The predicted octanol–water partition coefficient (Wildman–Crippen LogP) is 14.5. The van der Waals surface area contributed by atoms with Crippen molar-refractivity contribution in [2.45, 2.75) is 69.1 Å². The average molecular weight is 763 g/mol. The second-order valence-corrected chi connectivity index (χ2v) is 18.8. The fourth-order valence-corrected chi connectivity index (χ4v) is 13.8. The van der Waals surface area contributed by atoms with Crippen LogP contribution in [0.5, 0.6) is 0 Å². The molecule has 0 saturated heterocycles. The second-order valence-electron chi connectivity index (χ2n) is 18.8. The van der Waals surface area contributed by atoms with Crippen LogP contribution in [0.3, 0.4) is 0 Å². The minimum atomic E-state index is -0.0513. The Bertz CT molecular complexity index is 2780. The topological polar surface area (TPSA) is 15.3 Å². The number of nitrogens with one attached hydrogen (secondary N) is 1. The second kappa shape index (κ2) is 13.1. The van der Waals surface area contributed by atoms with E-state index in [1.54, 1.807) is 27.8 Å². The lowest BCUT2D eigenvalue weighted by Crippen LogP contribution is -2.34. The van der Waals surface area contributed by atoms with Gasteiger partial charge in [-0.2, -0.15) is 0 Å². The molecule has 13 rings (SSSR count). The van der Waals surface area contributed by atoms with Gasteiger partial charge in [0.1, 0.15) is 0 Å². The van der Waals surface area contributed by atoms with Gasteiger partial charge >= 0.3 is 0 Å². The van der Waals surface area contributed by atoms with Crippen molar-refractivity contribution in [3.63, 3.8) is 0 Å². The molecule has 1 spiro atoms. The molecule has 6 aliphatic rings. The first-order chi connectivity index (χ1) is 29.2. The first kappa shape index (κ1) is 34.0. The van der Waals surface area contributed by atoms with Crippen molar-refractivity contribution in [3.8, 4) is 22.3 Å². The van der Waals surface area contributed by atoms with Gasteiger partial charge in [-0.25, -0.2) is 0 Å². The highest BCUT2D eigenvalue weighted by molar-refractivity contribution is 5.89. The van der Waals surface area contributed by atoms with Gasteiger partial charge in [-0.05, 0) is 191 Å². The van der Waals surface area contributed by atoms with Crippen LogP contribution in [0.15, 0.2) is 158 Å². The van der Waals surface area contributed by atoms with Gasteiger partial charge in [0, 0.05) is 33.7 Å². The molecule has 3 fully saturated rings. The summed E-state index contributed by atoms with van der Waals surface area (Å²) in [6, 6.07) is 60.4. The first-order valence-corrected chi connectivity index (χ1v) is 22.5. The van der Waals surface area contributed by atoms with E-state index in [1.807, 2.05) is 0 Å². The van der Waals surface area contributed by atoms with Gasteiger partial charge in [0.2, 0.25) is 0 Å². The van der Waals surface area contributed by atoms with E-state index in [4.69, 9.17) is 0 Å². The summed E-state index contributed by atoms with van der Waals surface area (Å²) in [5, 5.41) is 3.94. The van der Waals surface area contributed by atoms with E-state index in [0.717, 1.165) is 36.8 Å². The van der Waals surface area contributed by atoms with Crippen LogP contribution in [0.1, 0.15) is 83.4 Å². The summed E-state index contributed by atoms with van der Waals surface area (Å²) in [5.74, 6) is 3.59. The minimum absolute atomic E-state index is 0.0513. The van der Waals surface area contributed by atoms with E-state index in [-0.39, 0.29) is 5.41 Å². The van der Waals surface area contributed by atoms with Crippen LogP contribution >= 0.6 is 0 Å². The normalized spacial score (nSPS) is 24.9. The largest absolute Gasteiger partial charge is 0.355 e. The van der Waals surface area contributed by atoms with Crippen molar-refractivity contribution >= 4 is 28.4 Å².